The number of nitrogens with zero attached hydrogens (tertiary/aromatic N) is 2. The second-order valence-electron chi connectivity index (χ2n) is 5.22. The summed E-state index contributed by atoms with van der Waals surface area (Å²) in [5.74, 6) is 0.506. The van der Waals surface area contributed by atoms with Crippen molar-refractivity contribution >= 4 is 5.97 Å². The average molecular weight is 282 g/mol. The number of ether oxygens (including phenoxy) is 1. The topological polar surface area (TPSA) is 85.5 Å². The molecule has 2 heterocycles. The first kappa shape index (κ1) is 15.0. The van der Waals surface area contributed by atoms with Crippen LogP contribution >= 0.6 is 0 Å². The number of carboxylic acid groups (broad SMARTS) is 1. The van der Waals surface area contributed by atoms with Gasteiger partial charge in [-0.15, -0.1) is 10.2 Å². The highest BCUT2D eigenvalue weighted by Crippen LogP contribution is 2.17. The van der Waals surface area contributed by atoms with Crippen molar-refractivity contribution in [2.45, 2.75) is 63.9 Å². The van der Waals surface area contributed by atoms with Gasteiger partial charge in [0.15, 0.2) is 0 Å². The molecule has 112 valence electrons. The van der Waals surface area contributed by atoms with Gasteiger partial charge in [0.25, 0.3) is 0 Å². The lowest BCUT2D eigenvalue weighted by atomic mass is 10.0. The molecule has 1 unspecified atom stereocenters. The molecule has 0 saturated carbocycles. The molecule has 20 heavy (non-hydrogen) atoms. The van der Waals surface area contributed by atoms with Crippen LogP contribution in [0.25, 0.3) is 0 Å². The highest BCUT2D eigenvalue weighted by Gasteiger charge is 2.15. The van der Waals surface area contributed by atoms with Gasteiger partial charge in [-0.3, -0.25) is 4.79 Å². The van der Waals surface area contributed by atoms with E-state index < -0.39 is 5.97 Å². The van der Waals surface area contributed by atoms with Gasteiger partial charge in [0.2, 0.25) is 11.8 Å². The summed E-state index contributed by atoms with van der Waals surface area (Å²) in [6.07, 6.45) is 7.79. The normalized spacial score (nSPS) is 19.1. The Labute approximate surface area is 118 Å². The van der Waals surface area contributed by atoms with Gasteiger partial charge in [0.1, 0.15) is 0 Å². The van der Waals surface area contributed by atoms with Crippen LogP contribution in [0.2, 0.25) is 0 Å². The highest BCUT2D eigenvalue weighted by molar-refractivity contribution is 5.66. The molecule has 1 N–H and O–H groups in total. The van der Waals surface area contributed by atoms with Crippen molar-refractivity contribution in [1.29, 1.82) is 0 Å². The van der Waals surface area contributed by atoms with Crippen LogP contribution in [-0.4, -0.2) is 34.0 Å². The molecule has 1 aliphatic rings. The fourth-order valence-electron chi connectivity index (χ4n) is 2.36. The molecule has 0 aromatic carbocycles. The first-order valence-electron chi connectivity index (χ1n) is 7.38. The summed E-state index contributed by atoms with van der Waals surface area (Å²) in [4.78, 5) is 10.4. The predicted octanol–water partition coefficient (Wildman–Crippen LogP) is 2.37. The standard InChI is InChI=1S/C14H22N2O4/c17-14(18)7-2-1-6-12-15-16-13(20-12)9-8-11-5-3-4-10-19-11/h11H,1-10H2,(H,17,18). The summed E-state index contributed by atoms with van der Waals surface area (Å²) in [5.41, 5.74) is 0. The van der Waals surface area contributed by atoms with Crippen LogP contribution in [0.4, 0.5) is 0 Å². The van der Waals surface area contributed by atoms with Gasteiger partial charge in [-0.1, -0.05) is 0 Å². The number of carboxylic acids is 1. The van der Waals surface area contributed by atoms with E-state index in [4.69, 9.17) is 14.3 Å². The third-order valence-corrected chi connectivity index (χ3v) is 3.49. The number of hydrogen-bond acceptors (Lipinski definition) is 5. The Hall–Kier alpha value is -1.43. The van der Waals surface area contributed by atoms with Gasteiger partial charge in [-0.25, -0.2) is 0 Å². The second kappa shape index (κ2) is 7.99. The minimum absolute atomic E-state index is 0.194. The summed E-state index contributed by atoms with van der Waals surface area (Å²) in [6, 6.07) is 0. The number of hydrogen-bond donors (Lipinski definition) is 1. The van der Waals surface area contributed by atoms with Crippen molar-refractivity contribution in [3.63, 3.8) is 0 Å². The molecule has 0 aliphatic carbocycles. The quantitative estimate of drug-likeness (QED) is 0.737. The zero-order valence-electron chi connectivity index (χ0n) is 11.7. The second-order valence-corrected chi connectivity index (χ2v) is 5.22. The van der Waals surface area contributed by atoms with E-state index in [9.17, 15) is 4.79 Å². The predicted molar refractivity (Wildman–Crippen MR) is 71.4 cm³/mol. The smallest absolute Gasteiger partial charge is 0.303 e. The van der Waals surface area contributed by atoms with E-state index in [1.807, 2.05) is 0 Å². The molecule has 0 spiro atoms. The van der Waals surface area contributed by atoms with Crippen molar-refractivity contribution in [3.8, 4) is 0 Å². The molecule has 1 aromatic rings. The fourth-order valence-corrected chi connectivity index (χ4v) is 2.36. The maximum atomic E-state index is 10.4. The molecule has 0 radical (unpaired) electrons. The van der Waals surface area contributed by atoms with Crippen LogP contribution in [0.5, 0.6) is 0 Å². The minimum Gasteiger partial charge on any atom is -0.481 e. The maximum Gasteiger partial charge on any atom is 0.303 e. The van der Waals surface area contributed by atoms with Gasteiger partial charge in [-0.05, 0) is 38.5 Å². The number of carbonyl (C=O) groups is 1. The van der Waals surface area contributed by atoms with E-state index in [1.54, 1.807) is 0 Å². The Bertz CT molecular complexity index is 413. The lowest BCUT2D eigenvalue weighted by molar-refractivity contribution is -0.137. The van der Waals surface area contributed by atoms with Gasteiger partial charge in [0.05, 0.1) is 6.10 Å². The number of aliphatic carboxylic acids is 1. The lowest BCUT2D eigenvalue weighted by Crippen LogP contribution is -2.19. The Morgan fingerprint density at radius 2 is 2.00 bits per heavy atom. The third-order valence-electron chi connectivity index (χ3n) is 3.49. The molecule has 0 amide bonds. The Kier molecular flexibility index (Phi) is 5.98. The van der Waals surface area contributed by atoms with Crippen LogP contribution < -0.4 is 0 Å². The number of aryl methyl sites for hydroxylation is 2. The van der Waals surface area contributed by atoms with Crippen LogP contribution in [0.3, 0.4) is 0 Å². The van der Waals surface area contributed by atoms with Crippen LogP contribution in [-0.2, 0) is 22.4 Å². The zero-order chi connectivity index (χ0) is 14.2. The molecule has 6 heteroatoms. The molecular formula is C14H22N2O4. The van der Waals surface area contributed by atoms with Gasteiger partial charge < -0.3 is 14.3 Å². The van der Waals surface area contributed by atoms with E-state index in [0.29, 0.717) is 30.7 Å². The molecule has 1 aromatic heterocycles. The Morgan fingerprint density at radius 1 is 1.20 bits per heavy atom. The minimum atomic E-state index is -0.760. The third kappa shape index (κ3) is 5.28. The molecular weight excluding hydrogens is 260 g/mol. The van der Waals surface area contributed by atoms with Gasteiger partial charge in [0, 0.05) is 25.9 Å². The number of unbranched alkanes of at least 4 members (excludes halogenated alkanes) is 1. The largest absolute Gasteiger partial charge is 0.481 e. The van der Waals surface area contributed by atoms with E-state index in [2.05, 4.69) is 10.2 Å². The average Bonchev–Trinajstić information content (AvgIpc) is 2.90. The van der Waals surface area contributed by atoms with Gasteiger partial charge in [-0.2, -0.15) is 0 Å². The molecule has 1 fully saturated rings. The van der Waals surface area contributed by atoms with Crippen molar-refractivity contribution in [3.05, 3.63) is 11.8 Å². The molecule has 6 nitrogen and oxygen atoms in total. The summed E-state index contributed by atoms with van der Waals surface area (Å²) in [5, 5.41) is 16.6. The SMILES string of the molecule is O=C(O)CCCCc1nnc(CCC2CCCCO2)o1. The van der Waals surface area contributed by atoms with E-state index in [-0.39, 0.29) is 6.42 Å². The molecule has 2 rings (SSSR count). The Morgan fingerprint density at radius 3 is 2.70 bits per heavy atom. The number of aromatic nitrogens is 2. The molecule has 0 bridgehead atoms. The highest BCUT2D eigenvalue weighted by atomic mass is 16.5. The van der Waals surface area contributed by atoms with Crippen LogP contribution in [0, 0.1) is 0 Å². The fraction of sp³-hybridized carbons (Fsp3) is 0.786. The monoisotopic (exact) mass is 282 g/mol. The molecule has 1 atom stereocenters. The van der Waals surface area contributed by atoms with Crippen LogP contribution in [0.1, 0.15) is 56.7 Å². The van der Waals surface area contributed by atoms with Crippen molar-refractivity contribution in [1.82, 2.24) is 10.2 Å². The van der Waals surface area contributed by atoms with Crippen molar-refractivity contribution in [2.75, 3.05) is 6.61 Å². The van der Waals surface area contributed by atoms with E-state index in [1.165, 1.54) is 6.42 Å². The van der Waals surface area contributed by atoms with Crippen molar-refractivity contribution in [2.24, 2.45) is 0 Å². The number of rotatable bonds is 8. The van der Waals surface area contributed by atoms with Gasteiger partial charge >= 0.3 is 5.97 Å². The lowest BCUT2D eigenvalue weighted by Gasteiger charge is -2.21. The van der Waals surface area contributed by atoms with E-state index >= 15 is 0 Å². The summed E-state index contributed by atoms with van der Waals surface area (Å²) in [6.45, 7) is 0.864. The first-order chi connectivity index (χ1) is 9.74. The summed E-state index contributed by atoms with van der Waals surface area (Å²) >= 11 is 0. The molecule has 1 aliphatic heterocycles. The summed E-state index contributed by atoms with van der Waals surface area (Å²) < 4.78 is 11.2. The first-order valence-corrected chi connectivity index (χ1v) is 7.38. The maximum absolute atomic E-state index is 10.4. The summed E-state index contributed by atoms with van der Waals surface area (Å²) in [7, 11) is 0. The van der Waals surface area contributed by atoms with Crippen LogP contribution in [0.15, 0.2) is 4.42 Å². The zero-order valence-corrected chi connectivity index (χ0v) is 11.7. The molecule has 1 saturated heterocycles. The Balaban J connectivity index is 1.65. The van der Waals surface area contributed by atoms with Crippen molar-refractivity contribution < 1.29 is 19.1 Å². The van der Waals surface area contributed by atoms with E-state index in [0.717, 1.165) is 38.7 Å².